The van der Waals surface area contributed by atoms with Crippen molar-refractivity contribution in [1.82, 2.24) is 4.90 Å². The summed E-state index contributed by atoms with van der Waals surface area (Å²) in [6.07, 6.45) is -3.78. The fourth-order valence-corrected chi connectivity index (χ4v) is 1.74. The van der Waals surface area contributed by atoms with Crippen LogP contribution in [0.15, 0.2) is 0 Å². The topological polar surface area (TPSA) is 20.3 Å². The molecule has 0 aromatic carbocycles. The number of hydrogen-bond donors (Lipinski definition) is 0. The first-order chi connectivity index (χ1) is 6.86. The number of hydrogen-bond acceptors (Lipinski definition) is 1. The van der Waals surface area contributed by atoms with Gasteiger partial charge in [0.25, 0.3) is 0 Å². The third-order valence-electron chi connectivity index (χ3n) is 2.59. The summed E-state index contributed by atoms with van der Waals surface area (Å²) < 4.78 is 36.9. The molecule has 15 heavy (non-hydrogen) atoms. The Balaban J connectivity index is 2.53. The highest BCUT2D eigenvalue weighted by Crippen LogP contribution is 2.33. The van der Waals surface area contributed by atoms with Gasteiger partial charge in [0.15, 0.2) is 0 Å². The number of likely N-dealkylation sites (tertiary alicyclic amines) is 1. The van der Waals surface area contributed by atoms with Crippen LogP contribution in [0, 0.1) is 5.92 Å². The van der Waals surface area contributed by atoms with Crippen LogP contribution in [0.3, 0.4) is 0 Å². The van der Waals surface area contributed by atoms with Crippen LogP contribution in [0.2, 0.25) is 0 Å². The van der Waals surface area contributed by atoms with Crippen molar-refractivity contribution >= 4 is 17.5 Å². The number of alkyl halides is 4. The minimum Gasteiger partial charge on any atom is -0.341 e. The van der Waals surface area contributed by atoms with E-state index in [1.165, 1.54) is 4.90 Å². The predicted molar refractivity (Wildman–Crippen MR) is 50.7 cm³/mol. The van der Waals surface area contributed by atoms with Crippen molar-refractivity contribution in [3.63, 3.8) is 0 Å². The highest BCUT2D eigenvalue weighted by molar-refractivity contribution is 6.30. The Hall–Kier alpha value is -0.450. The van der Waals surface area contributed by atoms with E-state index in [0.29, 0.717) is 6.42 Å². The summed E-state index contributed by atoms with van der Waals surface area (Å²) in [6, 6.07) is 0. The molecule has 6 heteroatoms. The van der Waals surface area contributed by atoms with Gasteiger partial charge < -0.3 is 4.90 Å². The molecule has 2 atom stereocenters. The highest BCUT2D eigenvalue weighted by Gasteiger charge is 2.45. The molecule has 1 amide bonds. The van der Waals surface area contributed by atoms with Gasteiger partial charge in [-0.05, 0) is 12.8 Å². The van der Waals surface area contributed by atoms with Crippen LogP contribution >= 0.6 is 11.6 Å². The quantitative estimate of drug-likeness (QED) is 0.682. The molecular weight excluding hydrogens is 231 g/mol. The number of nitrogens with zero attached hydrogens (tertiary/aromatic N) is 1. The lowest BCUT2D eigenvalue weighted by Gasteiger charge is -2.19. The van der Waals surface area contributed by atoms with Crippen molar-refractivity contribution in [3.05, 3.63) is 0 Å². The summed E-state index contributed by atoms with van der Waals surface area (Å²) in [4.78, 5) is 12.7. The molecule has 1 aliphatic rings. The molecule has 0 aromatic rings. The van der Waals surface area contributed by atoms with Crippen molar-refractivity contribution in [2.24, 2.45) is 5.92 Å². The summed E-state index contributed by atoms with van der Waals surface area (Å²) in [5.41, 5.74) is 0. The molecular formula is C9H13ClF3NO. The van der Waals surface area contributed by atoms with Gasteiger partial charge in [0.2, 0.25) is 5.91 Å². The molecule has 0 unspecified atom stereocenters. The Morgan fingerprint density at radius 2 is 2.20 bits per heavy atom. The van der Waals surface area contributed by atoms with Crippen LogP contribution in [-0.4, -0.2) is 35.4 Å². The van der Waals surface area contributed by atoms with E-state index >= 15 is 0 Å². The maximum atomic E-state index is 12.3. The zero-order valence-electron chi connectivity index (χ0n) is 8.35. The molecule has 1 aliphatic heterocycles. The smallest absolute Gasteiger partial charge is 0.341 e. The van der Waals surface area contributed by atoms with Crippen molar-refractivity contribution < 1.29 is 18.0 Å². The van der Waals surface area contributed by atoms with Gasteiger partial charge in [-0.3, -0.25) is 4.79 Å². The van der Waals surface area contributed by atoms with Crippen LogP contribution in [0.5, 0.6) is 0 Å². The van der Waals surface area contributed by atoms with E-state index < -0.39 is 17.5 Å². The molecule has 1 fully saturated rings. The zero-order chi connectivity index (χ0) is 11.6. The third-order valence-corrected chi connectivity index (χ3v) is 3.08. The van der Waals surface area contributed by atoms with Gasteiger partial charge >= 0.3 is 6.18 Å². The molecule has 2 nitrogen and oxygen atoms in total. The Kier molecular flexibility index (Phi) is 3.87. The van der Waals surface area contributed by atoms with Gasteiger partial charge in [-0.1, -0.05) is 6.92 Å². The van der Waals surface area contributed by atoms with Gasteiger partial charge in [-0.15, -0.1) is 11.6 Å². The fourth-order valence-electron chi connectivity index (χ4n) is 1.60. The second-order valence-electron chi connectivity index (χ2n) is 3.69. The van der Waals surface area contributed by atoms with Crippen molar-refractivity contribution in [2.45, 2.75) is 31.3 Å². The number of amides is 1. The van der Waals surface area contributed by atoms with E-state index in [-0.39, 0.29) is 25.4 Å². The number of carbonyl (C=O) groups is 1. The fraction of sp³-hybridized carbons (Fsp3) is 0.889. The highest BCUT2D eigenvalue weighted by atomic mass is 35.5. The van der Waals surface area contributed by atoms with E-state index in [0.717, 1.165) is 0 Å². The Bertz CT molecular complexity index is 244. The molecule has 1 saturated heterocycles. The second kappa shape index (κ2) is 4.60. The van der Waals surface area contributed by atoms with Gasteiger partial charge in [-0.2, -0.15) is 13.2 Å². The van der Waals surface area contributed by atoms with Crippen LogP contribution in [0.1, 0.15) is 19.8 Å². The molecule has 0 N–H and O–H groups in total. The first kappa shape index (κ1) is 12.6. The largest absolute Gasteiger partial charge is 0.393 e. The molecule has 88 valence electrons. The molecule has 0 saturated carbocycles. The maximum absolute atomic E-state index is 12.3. The number of carbonyl (C=O) groups excluding carboxylic acids is 1. The van der Waals surface area contributed by atoms with Crippen LogP contribution in [0.25, 0.3) is 0 Å². The Morgan fingerprint density at radius 1 is 1.60 bits per heavy atom. The van der Waals surface area contributed by atoms with E-state index in [9.17, 15) is 18.0 Å². The van der Waals surface area contributed by atoms with Crippen molar-refractivity contribution in [1.29, 1.82) is 0 Å². The summed E-state index contributed by atoms with van der Waals surface area (Å²) in [6.45, 7) is 1.64. The molecule has 0 bridgehead atoms. The molecule has 0 aromatic heterocycles. The van der Waals surface area contributed by atoms with Gasteiger partial charge in [0.1, 0.15) is 5.38 Å². The van der Waals surface area contributed by atoms with E-state index in [1.807, 2.05) is 0 Å². The summed E-state index contributed by atoms with van der Waals surface area (Å²) >= 11 is 5.69. The van der Waals surface area contributed by atoms with E-state index in [4.69, 9.17) is 11.6 Å². The number of halogens is 4. The minimum atomic E-state index is -4.21. The lowest BCUT2D eigenvalue weighted by Crippen LogP contribution is -2.36. The Labute approximate surface area is 91.4 Å². The molecule has 0 aliphatic carbocycles. The van der Waals surface area contributed by atoms with Gasteiger partial charge in [0, 0.05) is 13.1 Å². The van der Waals surface area contributed by atoms with Gasteiger partial charge in [-0.25, -0.2) is 0 Å². The van der Waals surface area contributed by atoms with Crippen molar-refractivity contribution in [3.8, 4) is 0 Å². The lowest BCUT2D eigenvalue weighted by atomic mass is 10.1. The molecule has 1 heterocycles. The predicted octanol–water partition coefficient (Wildman–Crippen LogP) is 2.41. The van der Waals surface area contributed by atoms with Crippen LogP contribution in [-0.2, 0) is 4.79 Å². The van der Waals surface area contributed by atoms with E-state index in [2.05, 4.69) is 0 Å². The van der Waals surface area contributed by atoms with Crippen LogP contribution < -0.4 is 0 Å². The average molecular weight is 244 g/mol. The minimum absolute atomic E-state index is 0.0113. The molecule has 0 spiro atoms. The van der Waals surface area contributed by atoms with E-state index in [1.54, 1.807) is 6.92 Å². The lowest BCUT2D eigenvalue weighted by molar-refractivity contribution is -0.171. The summed E-state index contributed by atoms with van der Waals surface area (Å²) in [5.74, 6) is -1.77. The second-order valence-corrected chi connectivity index (χ2v) is 4.21. The normalized spacial score (nSPS) is 24.3. The maximum Gasteiger partial charge on any atom is 0.393 e. The standard InChI is InChI=1S/C9H13ClF3NO/c1-2-7(10)8(15)14-4-3-6(5-14)9(11,12)13/h6-7H,2-5H2,1H3/t6-,7+/m1/s1. The monoisotopic (exact) mass is 243 g/mol. The average Bonchev–Trinajstić information content (AvgIpc) is 2.63. The SMILES string of the molecule is CC[C@H](Cl)C(=O)N1CC[C@@H](C(F)(F)F)C1. The van der Waals surface area contributed by atoms with Crippen LogP contribution in [0.4, 0.5) is 13.2 Å². The first-order valence-corrected chi connectivity index (χ1v) is 5.29. The molecule has 0 radical (unpaired) electrons. The summed E-state index contributed by atoms with van der Waals surface area (Å²) in [5, 5.41) is -0.697. The third kappa shape index (κ3) is 3.00. The van der Waals surface area contributed by atoms with Gasteiger partial charge in [0.05, 0.1) is 5.92 Å². The number of rotatable bonds is 2. The Morgan fingerprint density at radius 3 is 2.60 bits per heavy atom. The first-order valence-electron chi connectivity index (χ1n) is 4.85. The summed E-state index contributed by atoms with van der Waals surface area (Å²) in [7, 11) is 0. The van der Waals surface area contributed by atoms with Crippen molar-refractivity contribution in [2.75, 3.05) is 13.1 Å². The zero-order valence-corrected chi connectivity index (χ0v) is 9.11. The molecule has 1 rings (SSSR count).